The lowest BCUT2D eigenvalue weighted by Gasteiger charge is -2.35. The van der Waals surface area contributed by atoms with Crippen molar-refractivity contribution < 1.29 is 0 Å². The van der Waals surface area contributed by atoms with Crippen molar-refractivity contribution in [3.63, 3.8) is 0 Å². The Morgan fingerprint density at radius 2 is 2.25 bits per heavy atom. The summed E-state index contributed by atoms with van der Waals surface area (Å²) in [5.41, 5.74) is 2.20. The van der Waals surface area contributed by atoms with Crippen molar-refractivity contribution in [3.8, 4) is 0 Å². The first-order chi connectivity index (χ1) is 9.70. The molecular formula is C15H21ClN4. The lowest BCUT2D eigenvalue weighted by atomic mass is 10.0. The summed E-state index contributed by atoms with van der Waals surface area (Å²) in [5, 5.41) is 4.64. The molecule has 0 N–H and O–H groups in total. The van der Waals surface area contributed by atoms with Crippen LogP contribution in [0, 0.1) is 0 Å². The van der Waals surface area contributed by atoms with Crippen LogP contribution < -0.4 is 4.90 Å². The minimum atomic E-state index is 0.390. The summed E-state index contributed by atoms with van der Waals surface area (Å²) < 4.78 is 1.94. The molecule has 1 saturated heterocycles. The molecular weight excluding hydrogens is 272 g/mol. The van der Waals surface area contributed by atoms with Crippen molar-refractivity contribution in [1.82, 2.24) is 14.6 Å². The van der Waals surface area contributed by atoms with E-state index in [0.29, 0.717) is 17.8 Å². The number of piperidine rings is 1. The Kier molecular flexibility index (Phi) is 3.83. The highest BCUT2D eigenvalue weighted by molar-refractivity contribution is 6.18. The van der Waals surface area contributed by atoms with Crippen LogP contribution in [0.5, 0.6) is 0 Å². The molecule has 1 unspecified atom stereocenters. The predicted molar refractivity (Wildman–Crippen MR) is 82.8 cm³/mol. The van der Waals surface area contributed by atoms with Crippen LogP contribution in [0.25, 0.3) is 5.52 Å². The first-order valence-electron chi connectivity index (χ1n) is 7.37. The van der Waals surface area contributed by atoms with Crippen LogP contribution in [0.3, 0.4) is 0 Å². The monoisotopic (exact) mass is 292 g/mol. The Morgan fingerprint density at radius 1 is 1.40 bits per heavy atom. The maximum atomic E-state index is 6.14. The normalized spacial score (nSPS) is 20.0. The molecule has 0 aromatic carbocycles. The molecule has 1 fully saturated rings. The van der Waals surface area contributed by atoms with Gasteiger partial charge in [0.15, 0.2) is 5.82 Å². The molecule has 2 aromatic rings. The molecule has 0 aliphatic carbocycles. The van der Waals surface area contributed by atoms with Gasteiger partial charge in [-0.3, -0.25) is 0 Å². The van der Waals surface area contributed by atoms with Gasteiger partial charge in [0.1, 0.15) is 5.52 Å². The molecule has 0 radical (unpaired) electrons. The molecule has 3 rings (SSSR count). The first kappa shape index (κ1) is 13.7. The second kappa shape index (κ2) is 5.60. The zero-order valence-electron chi connectivity index (χ0n) is 12.1. The number of aromatic nitrogens is 3. The Labute approximate surface area is 124 Å². The smallest absolute Gasteiger partial charge is 0.154 e. The molecule has 0 spiro atoms. The maximum Gasteiger partial charge on any atom is 0.154 e. The van der Waals surface area contributed by atoms with Crippen molar-refractivity contribution in [2.75, 3.05) is 17.3 Å². The summed E-state index contributed by atoms with van der Waals surface area (Å²) in [7, 11) is 0. The number of fused-ring (bicyclic) bond motifs is 1. The number of hydrogen-bond donors (Lipinski definition) is 0. The number of anilines is 1. The van der Waals surface area contributed by atoms with E-state index in [9.17, 15) is 0 Å². The van der Waals surface area contributed by atoms with Gasteiger partial charge in [-0.15, -0.1) is 11.6 Å². The van der Waals surface area contributed by atoms with Crippen LogP contribution in [0.1, 0.15) is 44.7 Å². The second-order valence-corrected chi connectivity index (χ2v) is 6.11. The molecule has 1 atom stereocenters. The summed E-state index contributed by atoms with van der Waals surface area (Å²) in [6.45, 7) is 5.36. The fraction of sp³-hybridized carbons (Fsp3) is 0.600. The molecule has 20 heavy (non-hydrogen) atoms. The van der Waals surface area contributed by atoms with Crippen LogP contribution in [-0.2, 0) is 0 Å². The number of rotatable bonds is 3. The summed E-state index contributed by atoms with van der Waals surface area (Å²) in [4.78, 5) is 6.97. The lowest BCUT2D eigenvalue weighted by Crippen LogP contribution is -2.41. The molecule has 1 aliphatic rings. The van der Waals surface area contributed by atoms with Crippen molar-refractivity contribution >= 4 is 22.9 Å². The average Bonchev–Trinajstić information content (AvgIpc) is 2.91. The van der Waals surface area contributed by atoms with E-state index in [1.807, 2.05) is 16.9 Å². The Balaban J connectivity index is 2.05. The van der Waals surface area contributed by atoms with Crippen molar-refractivity contribution in [3.05, 3.63) is 24.2 Å². The highest BCUT2D eigenvalue weighted by atomic mass is 35.5. The van der Waals surface area contributed by atoms with Crippen molar-refractivity contribution in [2.24, 2.45) is 0 Å². The van der Waals surface area contributed by atoms with Gasteiger partial charge in [-0.1, -0.05) is 13.8 Å². The number of halogens is 1. The highest BCUT2D eigenvalue weighted by Gasteiger charge is 2.25. The predicted octanol–water partition coefficient (Wildman–Crippen LogP) is 3.45. The van der Waals surface area contributed by atoms with Crippen LogP contribution in [0.15, 0.2) is 18.5 Å². The number of alkyl halides is 1. The molecule has 5 heteroatoms. The SMILES string of the molecule is CC(C)c1cc2c(N3CCCCC3CCl)nccn2n1. The minimum Gasteiger partial charge on any atom is -0.351 e. The maximum absolute atomic E-state index is 6.14. The third kappa shape index (κ3) is 2.37. The fourth-order valence-corrected chi connectivity index (χ4v) is 3.19. The summed E-state index contributed by atoms with van der Waals surface area (Å²) in [6, 6.07) is 2.55. The van der Waals surface area contributed by atoms with Crippen LogP contribution in [-0.4, -0.2) is 33.1 Å². The van der Waals surface area contributed by atoms with Crippen molar-refractivity contribution in [2.45, 2.75) is 45.1 Å². The highest BCUT2D eigenvalue weighted by Crippen LogP contribution is 2.28. The fourth-order valence-electron chi connectivity index (χ4n) is 2.87. The Hall–Kier alpha value is -1.29. The lowest BCUT2D eigenvalue weighted by molar-refractivity contribution is 0.485. The van der Waals surface area contributed by atoms with Crippen LogP contribution in [0.4, 0.5) is 5.82 Å². The van der Waals surface area contributed by atoms with E-state index in [1.165, 1.54) is 12.8 Å². The third-order valence-electron chi connectivity index (χ3n) is 4.06. The van der Waals surface area contributed by atoms with Gasteiger partial charge in [0, 0.05) is 30.9 Å². The van der Waals surface area contributed by atoms with E-state index in [4.69, 9.17) is 11.6 Å². The molecule has 2 aromatic heterocycles. The van der Waals surface area contributed by atoms with Gasteiger partial charge < -0.3 is 4.90 Å². The standard InChI is InChI=1S/C15H21ClN4/c1-11(2)13-9-14-15(17-6-8-20(14)18-13)19-7-4-3-5-12(19)10-16/h6,8-9,11-12H,3-5,7,10H2,1-2H3. The molecule has 0 bridgehead atoms. The van der Waals surface area contributed by atoms with E-state index < -0.39 is 0 Å². The zero-order valence-corrected chi connectivity index (χ0v) is 12.8. The summed E-state index contributed by atoms with van der Waals surface area (Å²) in [6.07, 6.45) is 7.37. The molecule has 0 saturated carbocycles. The van der Waals surface area contributed by atoms with Gasteiger partial charge in [0.2, 0.25) is 0 Å². The van der Waals surface area contributed by atoms with E-state index in [1.54, 1.807) is 0 Å². The molecule has 0 amide bonds. The van der Waals surface area contributed by atoms with Crippen LogP contribution in [0.2, 0.25) is 0 Å². The average molecular weight is 293 g/mol. The van der Waals surface area contributed by atoms with Crippen LogP contribution >= 0.6 is 11.6 Å². The van der Waals surface area contributed by atoms with E-state index >= 15 is 0 Å². The Morgan fingerprint density at radius 3 is 3.00 bits per heavy atom. The first-order valence-corrected chi connectivity index (χ1v) is 7.91. The van der Waals surface area contributed by atoms with Gasteiger partial charge in [0.05, 0.1) is 5.69 Å². The van der Waals surface area contributed by atoms with Gasteiger partial charge in [-0.05, 0) is 31.2 Å². The second-order valence-electron chi connectivity index (χ2n) is 5.80. The quantitative estimate of drug-likeness (QED) is 0.813. The molecule has 1 aliphatic heterocycles. The van der Waals surface area contributed by atoms with Gasteiger partial charge in [-0.2, -0.15) is 5.10 Å². The third-order valence-corrected chi connectivity index (χ3v) is 4.41. The number of nitrogens with zero attached hydrogens (tertiary/aromatic N) is 4. The van der Waals surface area contributed by atoms with Crippen molar-refractivity contribution in [1.29, 1.82) is 0 Å². The topological polar surface area (TPSA) is 33.4 Å². The largest absolute Gasteiger partial charge is 0.351 e. The number of hydrogen-bond acceptors (Lipinski definition) is 3. The Bertz CT molecular complexity index is 593. The van der Waals surface area contributed by atoms with Gasteiger partial charge in [0.25, 0.3) is 0 Å². The molecule has 108 valence electrons. The summed E-state index contributed by atoms with van der Waals surface area (Å²) in [5.74, 6) is 2.11. The summed E-state index contributed by atoms with van der Waals surface area (Å²) >= 11 is 6.14. The van der Waals surface area contributed by atoms with E-state index in [0.717, 1.165) is 30.0 Å². The van der Waals surface area contributed by atoms with E-state index in [-0.39, 0.29) is 0 Å². The zero-order chi connectivity index (χ0) is 14.1. The van der Waals surface area contributed by atoms with Gasteiger partial charge in [-0.25, -0.2) is 9.50 Å². The molecule has 4 nitrogen and oxygen atoms in total. The minimum absolute atomic E-state index is 0.390. The van der Waals surface area contributed by atoms with Gasteiger partial charge >= 0.3 is 0 Å². The molecule has 3 heterocycles. The van der Waals surface area contributed by atoms with E-state index in [2.05, 4.69) is 34.9 Å².